The first kappa shape index (κ1) is 24.2. The van der Waals surface area contributed by atoms with Crippen LogP contribution in [-0.4, -0.2) is 46.0 Å². The number of rotatable bonds is 7. The largest absolute Gasteiger partial charge is 0.495 e. The van der Waals surface area contributed by atoms with Crippen LogP contribution in [0.1, 0.15) is 17.1 Å². The summed E-state index contributed by atoms with van der Waals surface area (Å²) in [5, 5.41) is 8.17. The number of benzene rings is 3. The quantitative estimate of drug-likeness (QED) is 0.263. The Bertz CT molecular complexity index is 1620. The third kappa shape index (κ3) is 4.88. The van der Waals surface area contributed by atoms with E-state index in [-0.39, 0.29) is 12.5 Å². The van der Waals surface area contributed by atoms with Crippen molar-refractivity contribution in [2.24, 2.45) is 0 Å². The summed E-state index contributed by atoms with van der Waals surface area (Å²) in [4.78, 5) is 28.2. The molecule has 6 rings (SSSR count). The van der Waals surface area contributed by atoms with E-state index in [9.17, 15) is 4.79 Å². The summed E-state index contributed by atoms with van der Waals surface area (Å²) in [6.07, 6.45) is 0.757. The monoisotopic (exact) mass is 526 g/mol. The summed E-state index contributed by atoms with van der Waals surface area (Å²) >= 11 is 6.13. The van der Waals surface area contributed by atoms with Gasteiger partial charge in [0.1, 0.15) is 11.6 Å². The van der Waals surface area contributed by atoms with E-state index in [2.05, 4.69) is 26.6 Å². The number of anilines is 2. The van der Waals surface area contributed by atoms with E-state index >= 15 is 0 Å². The molecule has 38 heavy (non-hydrogen) atoms. The maximum atomic E-state index is 13.0. The molecule has 0 aliphatic carbocycles. The minimum Gasteiger partial charge on any atom is -0.495 e. The van der Waals surface area contributed by atoms with Crippen LogP contribution in [0.2, 0.25) is 5.02 Å². The summed E-state index contributed by atoms with van der Waals surface area (Å²) < 4.78 is 5.37. The third-order valence-electron chi connectivity index (χ3n) is 6.80. The molecule has 0 saturated carbocycles. The molecular weight excluding hydrogens is 500 g/mol. The Morgan fingerprint density at radius 1 is 1.08 bits per heavy atom. The van der Waals surface area contributed by atoms with Gasteiger partial charge >= 0.3 is 0 Å². The summed E-state index contributed by atoms with van der Waals surface area (Å²) in [6, 6.07) is 21.3. The second-order valence-electron chi connectivity index (χ2n) is 9.34. The number of nitrogens with one attached hydrogen (secondary N) is 3. The number of aromatic amines is 1. The molecule has 9 heteroatoms. The number of hydrogen-bond donors (Lipinski definition) is 3. The number of hydrogen-bond acceptors (Lipinski definition) is 6. The lowest BCUT2D eigenvalue weighted by atomic mass is 9.99. The van der Waals surface area contributed by atoms with E-state index in [1.54, 1.807) is 25.3 Å². The molecule has 0 saturated heterocycles. The van der Waals surface area contributed by atoms with Crippen LogP contribution in [0.4, 0.5) is 11.4 Å². The molecule has 0 fully saturated rings. The number of amides is 1. The fourth-order valence-corrected chi connectivity index (χ4v) is 5.19. The maximum Gasteiger partial charge on any atom is 0.238 e. The fraction of sp³-hybridized carbons (Fsp3) is 0.207. The third-order valence-corrected chi connectivity index (χ3v) is 7.03. The number of carbonyl (C=O) groups excluding carboxylic acids is 1. The predicted octanol–water partition coefficient (Wildman–Crippen LogP) is 5.38. The predicted molar refractivity (Wildman–Crippen MR) is 151 cm³/mol. The second-order valence-corrected chi connectivity index (χ2v) is 9.77. The summed E-state index contributed by atoms with van der Waals surface area (Å²) in [6.45, 7) is 2.13. The van der Waals surface area contributed by atoms with Crippen LogP contribution in [-0.2, 0) is 24.3 Å². The van der Waals surface area contributed by atoms with Gasteiger partial charge in [0.15, 0.2) is 0 Å². The molecule has 0 atom stereocenters. The number of nitrogens with zero attached hydrogens (tertiary/aromatic N) is 3. The Morgan fingerprint density at radius 3 is 2.74 bits per heavy atom. The normalized spacial score (nSPS) is 13.4. The molecule has 1 aliphatic heterocycles. The molecule has 8 nitrogen and oxygen atoms in total. The lowest BCUT2D eigenvalue weighted by Gasteiger charge is -2.30. The highest BCUT2D eigenvalue weighted by Gasteiger charge is 2.24. The number of H-pyrrole nitrogens is 1. The van der Waals surface area contributed by atoms with Crippen molar-refractivity contribution in [2.45, 2.75) is 19.5 Å². The first-order valence-corrected chi connectivity index (χ1v) is 12.9. The SMILES string of the molecule is COc1ccc(Cl)cc1NC(=O)CN1CCc2nc3ccccc3c(NCc3nc4ccccc4[nH]3)c2C1. The van der Waals surface area contributed by atoms with Gasteiger partial charge in [0.25, 0.3) is 0 Å². The number of ether oxygens (including phenoxy) is 1. The zero-order valence-corrected chi connectivity index (χ0v) is 21.7. The van der Waals surface area contributed by atoms with Crippen LogP contribution in [0.3, 0.4) is 0 Å². The molecule has 3 heterocycles. The van der Waals surface area contributed by atoms with Gasteiger partial charge in [-0.3, -0.25) is 14.7 Å². The van der Waals surface area contributed by atoms with E-state index < -0.39 is 0 Å². The maximum absolute atomic E-state index is 13.0. The van der Waals surface area contributed by atoms with Gasteiger partial charge in [-0.15, -0.1) is 0 Å². The van der Waals surface area contributed by atoms with Gasteiger partial charge in [-0.1, -0.05) is 41.9 Å². The highest BCUT2D eigenvalue weighted by molar-refractivity contribution is 6.31. The Balaban J connectivity index is 1.24. The topological polar surface area (TPSA) is 95.2 Å². The Kier molecular flexibility index (Phi) is 6.57. The average Bonchev–Trinajstić information content (AvgIpc) is 3.34. The fourth-order valence-electron chi connectivity index (χ4n) is 5.02. The van der Waals surface area contributed by atoms with Gasteiger partial charge in [-0.05, 0) is 36.4 Å². The highest BCUT2D eigenvalue weighted by atomic mass is 35.5. The zero-order chi connectivity index (χ0) is 26.1. The Morgan fingerprint density at radius 2 is 1.89 bits per heavy atom. The van der Waals surface area contributed by atoms with Crippen LogP contribution < -0.4 is 15.4 Å². The van der Waals surface area contributed by atoms with Crippen LogP contribution in [0.25, 0.3) is 21.9 Å². The molecule has 1 aliphatic rings. The molecule has 5 aromatic rings. The van der Waals surface area contributed by atoms with Gasteiger partial charge in [-0.25, -0.2) is 4.98 Å². The number of imidazole rings is 1. The lowest BCUT2D eigenvalue weighted by molar-refractivity contribution is -0.117. The van der Waals surface area contributed by atoms with Crippen molar-refractivity contribution >= 4 is 50.8 Å². The molecule has 192 valence electrons. The molecule has 0 spiro atoms. The van der Waals surface area contributed by atoms with Crippen molar-refractivity contribution in [3.63, 3.8) is 0 Å². The molecule has 0 radical (unpaired) electrons. The average molecular weight is 527 g/mol. The number of pyridine rings is 1. The van der Waals surface area contributed by atoms with Crippen LogP contribution in [0.15, 0.2) is 66.7 Å². The number of carbonyl (C=O) groups is 1. The van der Waals surface area contributed by atoms with Crippen molar-refractivity contribution in [3.8, 4) is 5.75 Å². The number of halogens is 1. The molecule has 0 unspecified atom stereocenters. The number of aromatic nitrogens is 3. The van der Waals surface area contributed by atoms with Gasteiger partial charge in [0, 0.05) is 41.2 Å². The summed E-state index contributed by atoms with van der Waals surface area (Å²) in [7, 11) is 1.57. The highest BCUT2D eigenvalue weighted by Crippen LogP contribution is 2.33. The van der Waals surface area contributed by atoms with E-state index in [4.69, 9.17) is 26.3 Å². The van der Waals surface area contributed by atoms with Gasteiger partial charge < -0.3 is 20.4 Å². The van der Waals surface area contributed by atoms with E-state index in [1.807, 2.05) is 42.5 Å². The molecule has 3 N–H and O–H groups in total. The standard InChI is InChI=1S/C29H27ClN6O2/c1-38-26-11-10-18(30)14-25(26)35-28(37)17-36-13-12-22-20(16-36)29(19-6-2-3-7-21(19)32-22)31-15-27-33-23-8-4-5-9-24(23)34-27/h2-11,14H,12-13,15-17H2,1H3,(H,31,32)(H,33,34)(H,35,37). The van der Waals surface area contributed by atoms with Crippen molar-refractivity contribution < 1.29 is 9.53 Å². The lowest BCUT2D eigenvalue weighted by Crippen LogP contribution is -2.37. The molecule has 0 bridgehead atoms. The van der Waals surface area contributed by atoms with Gasteiger partial charge in [0.2, 0.25) is 5.91 Å². The van der Waals surface area contributed by atoms with E-state index in [0.29, 0.717) is 29.5 Å². The number of fused-ring (bicyclic) bond motifs is 3. The minimum absolute atomic E-state index is 0.125. The van der Waals surface area contributed by atoms with Crippen molar-refractivity contribution in [1.29, 1.82) is 0 Å². The van der Waals surface area contributed by atoms with Crippen LogP contribution in [0, 0.1) is 0 Å². The minimum atomic E-state index is -0.125. The van der Waals surface area contributed by atoms with Crippen molar-refractivity contribution in [2.75, 3.05) is 30.8 Å². The van der Waals surface area contributed by atoms with Crippen LogP contribution in [0.5, 0.6) is 5.75 Å². The second kappa shape index (κ2) is 10.3. The summed E-state index contributed by atoms with van der Waals surface area (Å²) in [5.41, 5.74) is 6.68. The molecular formula is C29H27ClN6O2. The molecule has 3 aromatic carbocycles. The van der Waals surface area contributed by atoms with E-state index in [0.717, 1.165) is 57.7 Å². The first-order valence-electron chi connectivity index (χ1n) is 12.5. The van der Waals surface area contributed by atoms with E-state index in [1.165, 1.54) is 0 Å². The van der Waals surface area contributed by atoms with Crippen molar-refractivity contribution in [1.82, 2.24) is 19.9 Å². The Hall–Kier alpha value is -4.14. The Labute approximate surface area is 225 Å². The van der Waals surface area contributed by atoms with Gasteiger partial charge in [0.05, 0.1) is 48.1 Å². The number of para-hydroxylation sites is 3. The van der Waals surface area contributed by atoms with Gasteiger partial charge in [-0.2, -0.15) is 0 Å². The molecule has 2 aromatic heterocycles. The van der Waals surface area contributed by atoms with Crippen LogP contribution >= 0.6 is 11.6 Å². The smallest absolute Gasteiger partial charge is 0.238 e. The zero-order valence-electron chi connectivity index (χ0n) is 20.9. The van der Waals surface area contributed by atoms with Crippen molar-refractivity contribution in [3.05, 3.63) is 88.8 Å². The summed E-state index contributed by atoms with van der Waals surface area (Å²) in [5.74, 6) is 1.31. The first-order chi connectivity index (χ1) is 18.6. The number of methoxy groups -OCH3 is 1. The molecule has 1 amide bonds.